The Balaban J connectivity index is 2.04. The Kier molecular flexibility index (Phi) is 6.64. The molecule has 1 N–H and O–H groups in total. The predicted molar refractivity (Wildman–Crippen MR) is 90.0 cm³/mol. The minimum absolute atomic E-state index is 0.616. The zero-order valence-electron chi connectivity index (χ0n) is 13.0. The number of rotatable bonds is 9. The maximum absolute atomic E-state index is 5.79. The van der Waals surface area contributed by atoms with Crippen LogP contribution in [0.1, 0.15) is 38.7 Å². The van der Waals surface area contributed by atoms with E-state index in [2.05, 4.69) is 56.7 Å². The van der Waals surface area contributed by atoms with Gasteiger partial charge in [0.2, 0.25) is 5.95 Å². The van der Waals surface area contributed by atoms with Crippen molar-refractivity contribution in [1.82, 2.24) is 20.2 Å². The number of hydrogen-bond acceptors (Lipinski definition) is 5. The second-order valence-corrected chi connectivity index (χ2v) is 5.95. The first-order valence-electron chi connectivity index (χ1n) is 7.65. The molecule has 0 saturated heterocycles. The van der Waals surface area contributed by atoms with Crippen LogP contribution >= 0.6 is 15.9 Å². The van der Waals surface area contributed by atoms with Crippen molar-refractivity contribution in [3.05, 3.63) is 28.2 Å². The number of benzene rings is 1. The van der Waals surface area contributed by atoms with E-state index >= 15 is 0 Å². The molecule has 0 fully saturated rings. The summed E-state index contributed by atoms with van der Waals surface area (Å²) < 4.78 is 8.61. The van der Waals surface area contributed by atoms with Crippen LogP contribution in [0.2, 0.25) is 0 Å². The number of nitrogens with zero attached hydrogens (tertiary/aromatic N) is 4. The summed E-state index contributed by atoms with van der Waals surface area (Å²) in [5.74, 6) is 1.58. The smallest absolute Gasteiger partial charge is 0.243 e. The normalized spacial score (nSPS) is 10.7. The van der Waals surface area contributed by atoms with Gasteiger partial charge in [0.1, 0.15) is 5.75 Å². The van der Waals surface area contributed by atoms with Gasteiger partial charge in [-0.25, -0.2) is 4.68 Å². The first kappa shape index (κ1) is 16.7. The molecule has 1 aromatic heterocycles. The molecule has 0 saturated carbocycles. The van der Waals surface area contributed by atoms with Crippen molar-refractivity contribution in [3.8, 4) is 5.75 Å². The summed E-state index contributed by atoms with van der Waals surface area (Å²) in [6.45, 7) is 6.40. The van der Waals surface area contributed by atoms with Crippen molar-refractivity contribution in [3.63, 3.8) is 0 Å². The van der Waals surface area contributed by atoms with E-state index in [4.69, 9.17) is 4.74 Å². The van der Waals surface area contributed by atoms with Crippen LogP contribution in [0.5, 0.6) is 5.75 Å². The number of ether oxygens (including phenoxy) is 1. The summed E-state index contributed by atoms with van der Waals surface area (Å²) in [5.41, 5.74) is 1.08. The van der Waals surface area contributed by atoms with Crippen LogP contribution in [0.25, 0.3) is 0 Å². The van der Waals surface area contributed by atoms with Crippen molar-refractivity contribution in [2.75, 3.05) is 11.9 Å². The molecule has 0 radical (unpaired) electrons. The maximum Gasteiger partial charge on any atom is 0.243 e. The third-order valence-electron chi connectivity index (χ3n) is 3.18. The molecule has 0 unspecified atom stereocenters. The lowest BCUT2D eigenvalue weighted by atomic mass is 10.2. The Bertz CT molecular complexity index is 587. The fourth-order valence-electron chi connectivity index (χ4n) is 2.00. The van der Waals surface area contributed by atoms with Crippen molar-refractivity contribution in [2.24, 2.45) is 0 Å². The number of aromatic nitrogens is 4. The Morgan fingerprint density at radius 3 is 2.91 bits per heavy atom. The minimum atomic E-state index is 0.616. The Hall–Kier alpha value is -1.63. The summed E-state index contributed by atoms with van der Waals surface area (Å²) in [6, 6.07) is 6.02. The van der Waals surface area contributed by atoms with Crippen molar-refractivity contribution in [1.29, 1.82) is 0 Å². The Labute approximate surface area is 139 Å². The fourth-order valence-corrected chi connectivity index (χ4v) is 2.41. The van der Waals surface area contributed by atoms with E-state index in [1.54, 1.807) is 4.68 Å². The van der Waals surface area contributed by atoms with Crippen LogP contribution in [0.4, 0.5) is 5.95 Å². The molecule has 0 spiro atoms. The Morgan fingerprint density at radius 1 is 1.27 bits per heavy atom. The van der Waals surface area contributed by atoms with E-state index < -0.39 is 0 Å². The number of nitrogens with one attached hydrogen (secondary N) is 1. The molecule has 2 rings (SSSR count). The summed E-state index contributed by atoms with van der Waals surface area (Å²) in [5, 5.41) is 15.1. The molecule has 0 aliphatic carbocycles. The molecule has 22 heavy (non-hydrogen) atoms. The van der Waals surface area contributed by atoms with Gasteiger partial charge < -0.3 is 10.1 Å². The van der Waals surface area contributed by atoms with E-state index in [0.717, 1.165) is 41.6 Å². The van der Waals surface area contributed by atoms with Gasteiger partial charge in [0.25, 0.3) is 0 Å². The van der Waals surface area contributed by atoms with Crippen LogP contribution in [-0.2, 0) is 13.1 Å². The quantitative estimate of drug-likeness (QED) is 0.732. The van der Waals surface area contributed by atoms with Gasteiger partial charge in [0.15, 0.2) is 0 Å². The van der Waals surface area contributed by atoms with Gasteiger partial charge in [-0.3, -0.25) is 0 Å². The van der Waals surface area contributed by atoms with E-state index in [9.17, 15) is 0 Å². The molecule has 0 bridgehead atoms. The molecule has 0 aliphatic heterocycles. The van der Waals surface area contributed by atoms with E-state index in [1.807, 2.05) is 12.1 Å². The summed E-state index contributed by atoms with van der Waals surface area (Å²) in [7, 11) is 0. The van der Waals surface area contributed by atoms with Crippen molar-refractivity contribution >= 4 is 21.9 Å². The summed E-state index contributed by atoms with van der Waals surface area (Å²) >= 11 is 3.50. The van der Waals surface area contributed by atoms with Crippen LogP contribution in [-0.4, -0.2) is 26.8 Å². The number of halogens is 1. The van der Waals surface area contributed by atoms with Gasteiger partial charge in [-0.2, -0.15) is 0 Å². The zero-order valence-corrected chi connectivity index (χ0v) is 14.6. The van der Waals surface area contributed by atoms with Gasteiger partial charge in [-0.15, -0.1) is 0 Å². The van der Waals surface area contributed by atoms with Gasteiger partial charge in [-0.1, -0.05) is 41.3 Å². The highest BCUT2D eigenvalue weighted by atomic mass is 79.9. The summed E-state index contributed by atoms with van der Waals surface area (Å²) in [6.07, 6.45) is 3.15. The highest BCUT2D eigenvalue weighted by molar-refractivity contribution is 9.10. The molecule has 0 aliphatic rings. The minimum Gasteiger partial charge on any atom is -0.493 e. The van der Waals surface area contributed by atoms with Crippen LogP contribution < -0.4 is 10.1 Å². The molecule has 120 valence electrons. The van der Waals surface area contributed by atoms with Crippen LogP contribution in [0.15, 0.2) is 22.7 Å². The fraction of sp³-hybridized carbons (Fsp3) is 0.533. The molecular weight excluding hydrogens is 346 g/mol. The molecular formula is C15H22BrN5O. The zero-order chi connectivity index (χ0) is 15.8. The molecule has 7 heteroatoms. The highest BCUT2D eigenvalue weighted by Crippen LogP contribution is 2.24. The molecule has 1 heterocycles. The Morgan fingerprint density at radius 2 is 2.14 bits per heavy atom. The molecule has 0 amide bonds. The third-order valence-corrected chi connectivity index (χ3v) is 3.67. The van der Waals surface area contributed by atoms with E-state index in [1.165, 1.54) is 0 Å². The largest absolute Gasteiger partial charge is 0.493 e. The number of hydrogen-bond donors (Lipinski definition) is 1. The van der Waals surface area contributed by atoms with Gasteiger partial charge >= 0.3 is 0 Å². The third kappa shape index (κ3) is 4.69. The van der Waals surface area contributed by atoms with Gasteiger partial charge in [-0.05, 0) is 41.5 Å². The lowest BCUT2D eigenvalue weighted by Gasteiger charge is -2.12. The highest BCUT2D eigenvalue weighted by Gasteiger charge is 2.08. The second-order valence-electron chi connectivity index (χ2n) is 5.03. The molecule has 0 atom stereocenters. The van der Waals surface area contributed by atoms with E-state index in [0.29, 0.717) is 19.1 Å². The SMILES string of the molecule is CCCCn1nnnc1NCc1cc(Br)ccc1OCCC. The number of anilines is 1. The number of tetrazole rings is 1. The molecule has 1 aromatic carbocycles. The molecule has 6 nitrogen and oxygen atoms in total. The average Bonchev–Trinajstić information content (AvgIpc) is 2.97. The standard InChI is InChI=1S/C15H22BrN5O/c1-3-5-8-21-15(18-19-20-21)17-11-12-10-13(16)6-7-14(12)22-9-4-2/h6-7,10H,3-5,8-9,11H2,1-2H3,(H,17,18,20). The van der Waals surface area contributed by atoms with Gasteiger partial charge in [0.05, 0.1) is 6.61 Å². The van der Waals surface area contributed by atoms with E-state index in [-0.39, 0.29) is 0 Å². The van der Waals surface area contributed by atoms with Crippen molar-refractivity contribution < 1.29 is 4.74 Å². The van der Waals surface area contributed by atoms with Crippen LogP contribution in [0, 0.1) is 0 Å². The maximum atomic E-state index is 5.79. The first-order valence-corrected chi connectivity index (χ1v) is 8.45. The lowest BCUT2D eigenvalue weighted by molar-refractivity contribution is 0.314. The first-order chi connectivity index (χ1) is 10.7. The van der Waals surface area contributed by atoms with Crippen LogP contribution in [0.3, 0.4) is 0 Å². The predicted octanol–water partition coefficient (Wildman–Crippen LogP) is 3.64. The van der Waals surface area contributed by atoms with Crippen molar-refractivity contribution in [2.45, 2.75) is 46.2 Å². The number of aryl methyl sites for hydroxylation is 1. The summed E-state index contributed by atoms with van der Waals surface area (Å²) in [4.78, 5) is 0. The average molecular weight is 368 g/mol. The molecule has 2 aromatic rings. The lowest BCUT2D eigenvalue weighted by Crippen LogP contribution is -2.10. The monoisotopic (exact) mass is 367 g/mol. The number of unbranched alkanes of at least 4 members (excludes halogenated alkanes) is 1. The second kappa shape index (κ2) is 8.73. The topological polar surface area (TPSA) is 64.9 Å². The van der Waals surface area contributed by atoms with Gasteiger partial charge in [0, 0.05) is 23.1 Å².